The topological polar surface area (TPSA) is 111 Å². The van der Waals surface area contributed by atoms with Crippen LogP contribution in [0.4, 0.5) is 4.39 Å². The average Bonchev–Trinajstić information content (AvgIpc) is 3.28. The molecule has 2 N–H and O–H groups in total. The highest BCUT2D eigenvalue weighted by Crippen LogP contribution is 2.21. The van der Waals surface area contributed by atoms with Gasteiger partial charge < -0.3 is 10.1 Å². The first-order valence-electron chi connectivity index (χ1n) is 10.0. The van der Waals surface area contributed by atoms with Crippen LogP contribution in [0.25, 0.3) is 16.6 Å². The third kappa shape index (κ3) is 5.28. The molecule has 0 radical (unpaired) electrons. The first-order chi connectivity index (χ1) is 16.1. The van der Waals surface area contributed by atoms with Crippen molar-refractivity contribution in [1.29, 1.82) is 0 Å². The summed E-state index contributed by atoms with van der Waals surface area (Å²) in [5, 5.41) is 8.19. The number of aromatic nitrogens is 4. The van der Waals surface area contributed by atoms with Crippen LogP contribution in [0.3, 0.4) is 0 Å². The smallest absolute Gasteiger partial charge is 0.253 e. The quantitative estimate of drug-likeness (QED) is 0.364. The number of carbonyl (C=O) groups excluding carboxylic acids is 1. The van der Waals surface area contributed by atoms with Crippen molar-refractivity contribution in [1.82, 2.24) is 29.8 Å². The molecule has 0 spiro atoms. The maximum absolute atomic E-state index is 13.2. The maximum Gasteiger partial charge on any atom is 0.253 e. The summed E-state index contributed by atoms with van der Waals surface area (Å²) in [5.74, 6) is -0.662. The molecule has 11 heteroatoms. The molecule has 0 aliphatic carbocycles. The molecule has 0 saturated carbocycles. The Morgan fingerprint density at radius 2 is 1.94 bits per heavy atom. The van der Waals surface area contributed by atoms with E-state index in [0.717, 1.165) is 5.56 Å². The zero-order valence-electron chi connectivity index (χ0n) is 17.7. The van der Waals surface area contributed by atoms with Gasteiger partial charge in [0.15, 0.2) is 0 Å². The monoisotopic (exact) mass is 468 g/mol. The van der Waals surface area contributed by atoms with Crippen molar-refractivity contribution in [2.45, 2.75) is 11.6 Å². The number of nitrogens with one attached hydrogen (secondary N) is 2. The average molecular weight is 469 g/mol. The summed E-state index contributed by atoms with van der Waals surface area (Å²) in [6.45, 7) is 1.12. The van der Waals surface area contributed by atoms with Crippen LogP contribution in [-0.2, 0) is 22.3 Å². The van der Waals surface area contributed by atoms with Crippen molar-refractivity contribution >= 4 is 27.8 Å². The zero-order valence-corrected chi connectivity index (χ0v) is 18.5. The van der Waals surface area contributed by atoms with E-state index in [1.165, 1.54) is 18.3 Å². The van der Waals surface area contributed by atoms with Crippen molar-refractivity contribution in [3.05, 3.63) is 78.1 Å². The number of amides is 1. The lowest BCUT2D eigenvalue weighted by atomic mass is 10.1. The second kappa shape index (κ2) is 10.4. The van der Waals surface area contributed by atoms with Crippen molar-refractivity contribution in [3.63, 3.8) is 0 Å². The number of hydrogen-bond donors (Lipinski definition) is 2. The van der Waals surface area contributed by atoms with Crippen molar-refractivity contribution < 1.29 is 18.1 Å². The first kappa shape index (κ1) is 22.6. The molecular weight excluding hydrogens is 447 g/mol. The maximum atomic E-state index is 13.2. The Kier molecular flexibility index (Phi) is 7.13. The SMILES string of the molecule is COCCNS(=O)c1ccc(CNC(=O)c2cncc3c2cnn3-c2ccc(F)cc2)cn1. The normalized spacial score (nSPS) is 12.1. The first-order valence-corrected chi connectivity index (χ1v) is 11.2. The Bertz CT molecular complexity index is 1280. The number of hydrogen-bond acceptors (Lipinski definition) is 6. The van der Waals surface area contributed by atoms with Gasteiger partial charge in [0.05, 0.1) is 35.8 Å². The van der Waals surface area contributed by atoms with E-state index in [1.807, 2.05) is 0 Å². The molecule has 4 aromatic rings. The van der Waals surface area contributed by atoms with Gasteiger partial charge in [-0.15, -0.1) is 0 Å². The van der Waals surface area contributed by atoms with Gasteiger partial charge in [-0.25, -0.2) is 23.0 Å². The van der Waals surface area contributed by atoms with Gasteiger partial charge in [-0.2, -0.15) is 5.10 Å². The highest BCUT2D eigenvalue weighted by Gasteiger charge is 2.15. The molecule has 0 fully saturated rings. The zero-order chi connectivity index (χ0) is 23.2. The number of fused-ring (bicyclic) bond motifs is 1. The predicted molar refractivity (Wildman–Crippen MR) is 121 cm³/mol. The number of methoxy groups -OCH3 is 1. The van der Waals surface area contributed by atoms with Crippen LogP contribution < -0.4 is 10.0 Å². The van der Waals surface area contributed by atoms with E-state index in [1.54, 1.807) is 54.6 Å². The van der Waals surface area contributed by atoms with Crippen molar-refractivity contribution in [2.75, 3.05) is 20.3 Å². The molecule has 3 aromatic heterocycles. The van der Waals surface area contributed by atoms with E-state index in [2.05, 4.69) is 25.1 Å². The molecule has 0 aliphatic rings. The molecule has 3 heterocycles. The Labute approximate surface area is 191 Å². The molecule has 1 amide bonds. The Balaban J connectivity index is 1.44. The molecule has 0 saturated heterocycles. The Morgan fingerprint density at radius 1 is 1.12 bits per heavy atom. The van der Waals surface area contributed by atoms with Gasteiger partial charge in [-0.3, -0.25) is 9.78 Å². The van der Waals surface area contributed by atoms with Gasteiger partial charge in [-0.1, -0.05) is 6.07 Å². The van der Waals surface area contributed by atoms with Crippen LogP contribution in [0.2, 0.25) is 0 Å². The number of carbonyl (C=O) groups is 1. The summed E-state index contributed by atoms with van der Waals surface area (Å²) in [4.78, 5) is 21.2. The lowest BCUT2D eigenvalue weighted by molar-refractivity contribution is 0.0952. The number of nitrogens with zero attached hydrogens (tertiary/aromatic N) is 4. The summed E-state index contributed by atoms with van der Waals surface area (Å²) < 4.78 is 34.7. The molecular formula is C22H21FN6O3S. The molecule has 1 unspecified atom stereocenters. The highest BCUT2D eigenvalue weighted by atomic mass is 32.2. The fraction of sp³-hybridized carbons (Fsp3) is 0.182. The highest BCUT2D eigenvalue weighted by molar-refractivity contribution is 7.83. The van der Waals surface area contributed by atoms with Gasteiger partial charge in [0.25, 0.3) is 5.91 Å². The van der Waals surface area contributed by atoms with E-state index in [0.29, 0.717) is 40.3 Å². The largest absolute Gasteiger partial charge is 0.383 e. The number of rotatable bonds is 9. The number of benzene rings is 1. The fourth-order valence-electron chi connectivity index (χ4n) is 3.12. The van der Waals surface area contributed by atoms with Gasteiger partial charge in [0.1, 0.15) is 21.8 Å². The van der Waals surface area contributed by atoms with Crippen LogP contribution in [0.15, 0.2) is 66.2 Å². The molecule has 4 rings (SSSR count). The second-order valence-corrected chi connectivity index (χ2v) is 8.24. The Hall–Kier alpha value is -3.54. The van der Waals surface area contributed by atoms with Gasteiger partial charge in [0, 0.05) is 38.0 Å². The van der Waals surface area contributed by atoms with E-state index in [-0.39, 0.29) is 18.3 Å². The Morgan fingerprint density at radius 3 is 2.67 bits per heavy atom. The molecule has 1 atom stereocenters. The molecule has 1 aromatic carbocycles. The minimum absolute atomic E-state index is 0.234. The number of pyridine rings is 2. The number of ether oxygens (including phenoxy) is 1. The fourth-order valence-corrected chi connectivity index (χ4v) is 3.88. The molecule has 0 aliphatic heterocycles. The standard InChI is InChI=1S/C22H21FN6O3S/c1-32-9-8-28-33(31)21-7-2-15(10-25-21)11-26-22(30)19-12-24-14-20-18(19)13-27-29(20)17-5-3-16(23)4-6-17/h2-7,10,12-14,28H,8-9,11H2,1H3,(H,26,30). The van der Waals surface area contributed by atoms with Gasteiger partial charge in [-0.05, 0) is 35.9 Å². The third-order valence-corrected chi connectivity index (χ3v) is 5.88. The van der Waals surface area contributed by atoms with Crippen LogP contribution in [-0.4, -0.2) is 50.1 Å². The van der Waals surface area contributed by atoms with E-state index >= 15 is 0 Å². The lowest BCUT2D eigenvalue weighted by Crippen LogP contribution is -2.24. The molecule has 0 bridgehead atoms. The molecule has 33 heavy (non-hydrogen) atoms. The molecule has 170 valence electrons. The van der Waals surface area contributed by atoms with Crippen LogP contribution in [0, 0.1) is 5.82 Å². The van der Waals surface area contributed by atoms with E-state index in [4.69, 9.17) is 4.74 Å². The minimum Gasteiger partial charge on any atom is -0.383 e. The van der Waals surface area contributed by atoms with Crippen molar-refractivity contribution in [2.24, 2.45) is 0 Å². The van der Waals surface area contributed by atoms with Crippen LogP contribution >= 0.6 is 0 Å². The summed E-state index contributed by atoms with van der Waals surface area (Å²) in [7, 11) is 0.136. The lowest BCUT2D eigenvalue weighted by Gasteiger charge is -2.08. The molecule has 9 nitrogen and oxygen atoms in total. The van der Waals surface area contributed by atoms with Gasteiger partial charge in [0.2, 0.25) is 0 Å². The number of halogens is 1. The summed E-state index contributed by atoms with van der Waals surface area (Å²) in [5.41, 5.74) is 2.41. The van der Waals surface area contributed by atoms with E-state index < -0.39 is 11.0 Å². The van der Waals surface area contributed by atoms with Crippen LogP contribution in [0.5, 0.6) is 0 Å². The van der Waals surface area contributed by atoms with Crippen LogP contribution in [0.1, 0.15) is 15.9 Å². The van der Waals surface area contributed by atoms with E-state index in [9.17, 15) is 13.4 Å². The third-order valence-electron chi connectivity index (χ3n) is 4.79. The van der Waals surface area contributed by atoms with Gasteiger partial charge >= 0.3 is 0 Å². The summed E-state index contributed by atoms with van der Waals surface area (Å²) in [6, 6.07) is 9.29. The van der Waals surface area contributed by atoms with Crippen molar-refractivity contribution in [3.8, 4) is 5.69 Å². The summed E-state index contributed by atoms with van der Waals surface area (Å²) in [6.07, 6.45) is 6.23. The second-order valence-electron chi connectivity index (χ2n) is 7.00. The predicted octanol–water partition coefficient (Wildman–Crippen LogP) is 2.14. The minimum atomic E-state index is -1.43. The summed E-state index contributed by atoms with van der Waals surface area (Å²) >= 11 is 0.